The normalized spacial score (nSPS) is 19.5. The minimum atomic E-state index is 0.264. The second-order valence-corrected chi connectivity index (χ2v) is 4.21. The van der Waals surface area contributed by atoms with Gasteiger partial charge in [-0.1, -0.05) is 6.92 Å². The monoisotopic (exact) mass is 236 g/mol. The number of rotatable bonds is 6. The van der Waals surface area contributed by atoms with Crippen LogP contribution in [0.4, 0.5) is 0 Å². The second kappa shape index (κ2) is 6.57. The van der Waals surface area contributed by atoms with Crippen molar-refractivity contribution >= 4 is 0 Å². The zero-order valence-corrected chi connectivity index (χ0v) is 10.3. The maximum atomic E-state index is 5.72. The Labute approximate surface area is 102 Å². The highest BCUT2D eigenvalue weighted by atomic mass is 16.5. The third-order valence-electron chi connectivity index (χ3n) is 2.80. The second-order valence-electron chi connectivity index (χ2n) is 4.21. The molecule has 0 aromatic carbocycles. The lowest BCUT2D eigenvalue weighted by Crippen LogP contribution is -2.17. The molecule has 94 valence electrons. The molecule has 1 aliphatic heterocycles. The van der Waals surface area contributed by atoms with Gasteiger partial charge in [-0.25, -0.2) is 0 Å². The fourth-order valence-corrected chi connectivity index (χ4v) is 1.86. The van der Waals surface area contributed by atoms with Crippen LogP contribution in [0.15, 0.2) is 18.3 Å². The molecule has 1 N–H and O–H groups in total. The lowest BCUT2D eigenvalue weighted by molar-refractivity contribution is 0.0679. The minimum Gasteiger partial charge on any atom is -0.491 e. The maximum Gasteiger partial charge on any atom is 0.122 e. The molecule has 2 rings (SSSR count). The molecule has 0 bridgehead atoms. The van der Waals surface area contributed by atoms with Crippen LogP contribution in [0.5, 0.6) is 5.75 Å². The molecule has 1 unspecified atom stereocenters. The van der Waals surface area contributed by atoms with Gasteiger partial charge in [-0.15, -0.1) is 0 Å². The van der Waals surface area contributed by atoms with Crippen molar-refractivity contribution in [1.82, 2.24) is 10.3 Å². The van der Waals surface area contributed by atoms with Crippen LogP contribution in [0.1, 0.15) is 25.5 Å². The first-order valence-electron chi connectivity index (χ1n) is 6.28. The van der Waals surface area contributed by atoms with Gasteiger partial charge in [0.2, 0.25) is 0 Å². The van der Waals surface area contributed by atoms with Crippen LogP contribution in [-0.4, -0.2) is 30.8 Å². The average molecular weight is 236 g/mol. The Hall–Kier alpha value is -1.13. The van der Waals surface area contributed by atoms with E-state index in [1.807, 2.05) is 12.1 Å². The van der Waals surface area contributed by atoms with Gasteiger partial charge in [-0.2, -0.15) is 0 Å². The summed E-state index contributed by atoms with van der Waals surface area (Å²) in [5, 5.41) is 3.25. The fourth-order valence-electron chi connectivity index (χ4n) is 1.86. The molecule has 1 fully saturated rings. The van der Waals surface area contributed by atoms with E-state index in [9.17, 15) is 0 Å². The van der Waals surface area contributed by atoms with Crippen molar-refractivity contribution in [3.05, 3.63) is 24.0 Å². The zero-order valence-electron chi connectivity index (χ0n) is 10.3. The zero-order chi connectivity index (χ0) is 11.9. The highest BCUT2D eigenvalue weighted by Crippen LogP contribution is 2.16. The van der Waals surface area contributed by atoms with Gasteiger partial charge in [0.15, 0.2) is 0 Å². The van der Waals surface area contributed by atoms with Gasteiger partial charge in [0.05, 0.1) is 11.8 Å². The lowest BCUT2D eigenvalue weighted by atomic mass is 10.2. The molecule has 0 radical (unpaired) electrons. The van der Waals surface area contributed by atoms with Crippen molar-refractivity contribution in [3.63, 3.8) is 0 Å². The third kappa shape index (κ3) is 3.98. The summed E-state index contributed by atoms with van der Waals surface area (Å²) < 4.78 is 11.2. The summed E-state index contributed by atoms with van der Waals surface area (Å²) in [4.78, 5) is 4.28. The molecule has 1 saturated heterocycles. The molecule has 0 spiro atoms. The summed E-state index contributed by atoms with van der Waals surface area (Å²) in [7, 11) is 0. The first kappa shape index (κ1) is 12.3. The molecular weight excluding hydrogens is 216 g/mol. The first-order chi connectivity index (χ1) is 8.38. The van der Waals surface area contributed by atoms with Crippen molar-refractivity contribution in [2.75, 3.05) is 19.8 Å². The van der Waals surface area contributed by atoms with E-state index in [1.54, 1.807) is 6.20 Å². The lowest BCUT2D eigenvalue weighted by Gasteiger charge is -2.12. The predicted octanol–water partition coefficient (Wildman–Crippen LogP) is 1.75. The van der Waals surface area contributed by atoms with E-state index >= 15 is 0 Å². The highest BCUT2D eigenvalue weighted by molar-refractivity contribution is 5.22. The highest BCUT2D eigenvalue weighted by Gasteiger charge is 2.15. The molecule has 17 heavy (non-hydrogen) atoms. The van der Waals surface area contributed by atoms with Crippen molar-refractivity contribution in [2.45, 2.75) is 32.4 Å². The molecule has 1 aromatic rings. The largest absolute Gasteiger partial charge is 0.491 e. The number of aromatic nitrogens is 1. The van der Waals surface area contributed by atoms with Gasteiger partial charge < -0.3 is 14.8 Å². The van der Waals surface area contributed by atoms with E-state index in [2.05, 4.69) is 17.2 Å². The summed E-state index contributed by atoms with van der Waals surface area (Å²) in [5.41, 5.74) is 1.01. The number of hydrogen-bond acceptors (Lipinski definition) is 4. The SMILES string of the molecule is CCNCc1cc(OCC2CCCO2)ccn1. The summed E-state index contributed by atoms with van der Waals surface area (Å²) in [6, 6.07) is 3.88. The predicted molar refractivity (Wildman–Crippen MR) is 66.1 cm³/mol. The molecule has 4 heteroatoms. The van der Waals surface area contributed by atoms with E-state index in [-0.39, 0.29) is 6.10 Å². The molecule has 0 amide bonds. The topological polar surface area (TPSA) is 43.4 Å². The molecule has 4 nitrogen and oxygen atoms in total. The van der Waals surface area contributed by atoms with Gasteiger partial charge in [-0.3, -0.25) is 4.98 Å². The molecule has 1 aliphatic rings. The summed E-state index contributed by atoms with van der Waals surface area (Å²) in [5.74, 6) is 0.878. The Balaban J connectivity index is 1.82. The van der Waals surface area contributed by atoms with Gasteiger partial charge in [0, 0.05) is 25.4 Å². The first-order valence-corrected chi connectivity index (χ1v) is 6.28. The number of pyridine rings is 1. The Morgan fingerprint density at radius 2 is 2.53 bits per heavy atom. The van der Waals surface area contributed by atoms with E-state index in [0.717, 1.165) is 44.0 Å². The molecule has 1 aromatic heterocycles. The van der Waals surface area contributed by atoms with Gasteiger partial charge in [-0.05, 0) is 25.5 Å². The van der Waals surface area contributed by atoms with Crippen LogP contribution in [0.25, 0.3) is 0 Å². The number of nitrogens with zero attached hydrogens (tertiary/aromatic N) is 1. The van der Waals surface area contributed by atoms with Crippen LogP contribution in [0.2, 0.25) is 0 Å². The molecule has 0 aliphatic carbocycles. The Morgan fingerprint density at radius 3 is 3.29 bits per heavy atom. The maximum absolute atomic E-state index is 5.72. The van der Waals surface area contributed by atoms with Crippen LogP contribution in [0.3, 0.4) is 0 Å². The Bertz CT molecular complexity index is 338. The third-order valence-corrected chi connectivity index (χ3v) is 2.80. The van der Waals surface area contributed by atoms with Gasteiger partial charge >= 0.3 is 0 Å². The number of hydrogen-bond donors (Lipinski definition) is 1. The van der Waals surface area contributed by atoms with Crippen LogP contribution in [0, 0.1) is 0 Å². The summed E-state index contributed by atoms with van der Waals surface area (Å²) in [6.07, 6.45) is 4.31. The molecule has 0 saturated carbocycles. The van der Waals surface area contributed by atoms with Gasteiger partial charge in [0.1, 0.15) is 12.4 Å². The molecule has 1 atom stereocenters. The Morgan fingerprint density at radius 1 is 1.59 bits per heavy atom. The van der Waals surface area contributed by atoms with Crippen molar-refractivity contribution in [3.8, 4) is 5.75 Å². The standard InChI is InChI=1S/C13H20N2O2/c1-2-14-9-11-8-12(5-6-15-11)17-10-13-4-3-7-16-13/h5-6,8,13-14H,2-4,7,9-10H2,1H3. The van der Waals surface area contributed by atoms with Crippen molar-refractivity contribution < 1.29 is 9.47 Å². The van der Waals surface area contributed by atoms with Crippen molar-refractivity contribution in [1.29, 1.82) is 0 Å². The quantitative estimate of drug-likeness (QED) is 0.817. The van der Waals surface area contributed by atoms with E-state index < -0.39 is 0 Å². The molecular formula is C13H20N2O2. The average Bonchev–Trinajstić information content (AvgIpc) is 2.87. The van der Waals surface area contributed by atoms with Crippen LogP contribution < -0.4 is 10.1 Å². The van der Waals surface area contributed by atoms with Crippen LogP contribution >= 0.6 is 0 Å². The van der Waals surface area contributed by atoms with Crippen LogP contribution in [-0.2, 0) is 11.3 Å². The van der Waals surface area contributed by atoms with E-state index in [0.29, 0.717) is 6.61 Å². The van der Waals surface area contributed by atoms with E-state index in [1.165, 1.54) is 0 Å². The van der Waals surface area contributed by atoms with Gasteiger partial charge in [0.25, 0.3) is 0 Å². The molecule has 2 heterocycles. The Kier molecular flexibility index (Phi) is 4.76. The van der Waals surface area contributed by atoms with Crippen molar-refractivity contribution in [2.24, 2.45) is 0 Å². The van der Waals surface area contributed by atoms with E-state index in [4.69, 9.17) is 9.47 Å². The fraction of sp³-hybridized carbons (Fsp3) is 0.615. The number of nitrogens with one attached hydrogen (secondary N) is 1. The smallest absolute Gasteiger partial charge is 0.122 e. The summed E-state index contributed by atoms with van der Waals surface area (Å²) in [6.45, 7) is 5.33. The number of ether oxygens (including phenoxy) is 2. The minimum absolute atomic E-state index is 0.264. The summed E-state index contributed by atoms with van der Waals surface area (Å²) >= 11 is 0.